The van der Waals surface area contributed by atoms with Gasteiger partial charge in [0.15, 0.2) is 0 Å². The van der Waals surface area contributed by atoms with Gasteiger partial charge in [-0.25, -0.2) is 4.98 Å². The highest BCUT2D eigenvalue weighted by atomic mass is 35.5. The molecule has 1 aromatic heterocycles. The quantitative estimate of drug-likeness (QED) is 0.773. The highest BCUT2D eigenvalue weighted by molar-refractivity contribution is 6.30. The molecule has 0 radical (unpaired) electrons. The van der Waals surface area contributed by atoms with Crippen LogP contribution in [0.1, 0.15) is 12.8 Å². The summed E-state index contributed by atoms with van der Waals surface area (Å²) in [6.07, 6.45) is 3.27. The predicted molar refractivity (Wildman–Crippen MR) is 81.0 cm³/mol. The molecule has 1 fully saturated rings. The fourth-order valence-corrected chi connectivity index (χ4v) is 2.37. The summed E-state index contributed by atoms with van der Waals surface area (Å²) >= 11 is 5.75. The Morgan fingerprint density at radius 2 is 2.38 bits per heavy atom. The number of hydrogen-bond donors (Lipinski definition) is 2. The van der Waals surface area contributed by atoms with E-state index in [1.54, 1.807) is 23.2 Å². The van der Waals surface area contributed by atoms with E-state index in [9.17, 15) is 4.79 Å². The van der Waals surface area contributed by atoms with Crippen LogP contribution < -0.4 is 10.6 Å². The fraction of sp³-hybridized carbons (Fsp3) is 0.500. The first-order valence-electron chi connectivity index (χ1n) is 6.96. The normalized spacial score (nSPS) is 17.5. The lowest BCUT2D eigenvalue weighted by Crippen LogP contribution is -2.41. The average Bonchev–Trinajstić information content (AvgIpc) is 2.97. The van der Waals surface area contributed by atoms with Crippen LogP contribution in [0.4, 0.5) is 5.82 Å². The van der Waals surface area contributed by atoms with Crippen LogP contribution in [0.15, 0.2) is 18.3 Å². The van der Waals surface area contributed by atoms with Crippen LogP contribution in [0.2, 0.25) is 5.02 Å². The number of rotatable bonds is 6. The van der Waals surface area contributed by atoms with Gasteiger partial charge in [0.1, 0.15) is 11.9 Å². The largest absolute Gasteiger partial charge is 0.369 e. The van der Waals surface area contributed by atoms with Crippen molar-refractivity contribution in [3.8, 4) is 6.07 Å². The van der Waals surface area contributed by atoms with Crippen LogP contribution in [0, 0.1) is 11.3 Å². The molecule has 0 aromatic carbocycles. The lowest BCUT2D eigenvalue weighted by molar-refractivity contribution is -0.130. The second-order valence-corrected chi connectivity index (χ2v) is 5.28. The van der Waals surface area contributed by atoms with Crippen LogP contribution in [-0.4, -0.2) is 48.0 Å². The minimum atomic E-state index is -0.254. The van der Waals surface area contributed by atoms with Gasteiger partial charge in [-0.2, -0.15) is 5.26 Å². The summed E-state index contributed by atoms with van der Waals surface area (Å²) in [6, 6.07) is 5.48. The highest BCUT2D eigenvalue weighted by Gasteiger charge is 2.27. The third-order valence-electron chi connectivity index (χ3n) is 3.33. The standard InChI is InChI=1S/C14H18ClN5O/c15-11-3-4-13(19-9-11)18-6-5-17-10-14(21)20-7-1-2-12(20)8-16/h3-4,9,12,17H,1-2,5-7,10H2,(H,18,19). The van der Waals surface area contributed by atoms with Crippen LogP contribution >= 0.6 is 11.6 Å². The van der Waals surface area contributed by atoms with Gasteiger partial charge in [0.05, 0.1) is 17.6 Å². The van der Waals surface area contributed by atoms with Crippen molar-refractivity contribution in [2.45, 2.75) is 18.9 Å². The minimum Gasteiger partial charge on any atom is -0.369 e. The zero-order chi connectivity index (χ0) is 15.1. The lowest BCUT2D eigenvalue weighted by atomic mass is 10.2. The van der Waals surface area contributed by atoms with Gasteiger partial charge in [0.25, 0.3) is 0 Å². The number of nitriles is 1. The number of likely N-dealkylation sites (tertiary alicyclic amines) is 1. The maximum Gasteiger partial charge on any atom is 0.237 e. The number of pyridine rings is 1. The van der Waals surface area contributed by atoms with E-state index in [0.29, 0.717) is 24.7 Å². The van der Waals surface area contributed by atoms with E-state index >= 15 is 0 Å². The zero-order valence-electron chi connectivity index (χ0n) is 11.7. The Bertz CT molecular complexity index is 513. The number of amides is 1. The molecule has 0 bridgehead atoms. The molecule has 6 nitrogen and oxygen atoms in total. The van der Waals surface area contributed by atoms with E-state index in [2.05, 4.69) is 21.7 Å². The lowest BCUT2D eigenvalue weighted by Gasteiger charge is -2.19. The Labute approximate surface area is 129 Å². The summed E-state index contributed by atoms with van der Waals surface area (Å²) in [5.41, 5.74) is 0. The van der Waals surface area contributed by atoms with Crippen molar-refractivity contribution < 1.29 is 4.79 Å². The van der Waals surface area contributed by atoms with E-state index in [4.69, 9.17) is 16.9 Å². The molecule has 1 aliphatic heterocycles. The first kappa shape index (κ1) is 15.5. The van der Waals surface area contributed by atoms with Crippen molar-refractivity contribution in [3.63, 3.8) is 0 Å². The number of anilines is 1. The summed E-state index contributed by atoms with van der Waals surface area (Å²) < 4.78 is 0. The van der Waals surface area contributed by atoms with Gasteiger partial charge in [0, 0.05) is 25.8 Å². The number of aromatic nitrogens is 1. The first-order chi connectivity index (χ1) is 10.2. The van der Waals surface area contributed by atoms with Gasteiger partial charge >= 0.3 is 0 Å². The molecule has 2 rings (SSSR count). The molecule has 1 aliphatic rings. The molecular formula is C14H18ClN5O. The number of hydrogen-bond acceptors (Lipinski definition) is 5. The summed E-state index contributed by atoms with van der Waals surface area (Å²) in [5.74, 6) is 0.736. The molecule has 0 saturated carbocycles. The van der Waals surface area contributed by atoms with E-state index in [1.807, 2.05) is 0 Å². The summed E-state index contributed by atoms with van der Waals surface area (Å²) in [7, 11) is 0. The molecule has 2 heterocycles. The Kier molecular flexibility index (Phi) is 5.78. The van der Waals surface area contributed by atoms with Gasteiger partial charge in [-0.3, -0.25) is 4.79 Å². The molecule has 21 heavy (non-hydrogen) atoms. The third kappa shape index (κ3) is 4.59. The summed E-state index contributed by atoms with van der Waals surface area (Å²) in [5, 5.41) is 15.7. The monoisotopic (exact) mass is 307 g/mol. The zero-order valence-corrected chi connectivity index (χ0v) is 12.4. The van der Waals surface area contributed by atoms with Crippen molar-refractivity contribution in [3.05, 3.63) is 23.4 Å². The molecule has 1 amide bonds. The molecule has 1 aromatic rings. The Morgan fingerprint density at radius 3 is 3.10 bits per heavy atom. The Balaban J connectivity index is 1.62. The smallest absolute Gasteiger partial charge is 0.237 e. The van der Waals surface area contributed by atoms with E-state index in [-0.39, 0.29) is 18.5 Å². The first-order valence-corrected chi connectivity index (χ1v) is 7.34. The van der Waals surface area contributed by atoms with Gasteiger partial charge < -0.3 is 15.5 Å². The molecule has 1 saturated heterocycles. The number of halogens is 1. The van der Waals surface area contributed by atoms with Gasteiger partial charge in [0.2, 0.25) is 5.91 Å². The van der Waals surface area contributed by atoms with Crippen molar-refractivity contribution in [2.24, 2.45) is 0 Å². The van der Waals surface area contributed by atoms with Gasteiger partial charge in [-0.15, -0.1) is 0 Å². The van der Waals surface area contributed by atoms with Crippen molar-refractivity contribution in [1.82, 2.24) is 15.2 Å². The van der Waals surface area contributed by atoms with Gasteiger partial charge in [-0.05, 0) is 25.0 Å². The summed E-state index contributed by atoms with van der Waals surface area (Å²) in [4.78, 5) is 17.7. The molecule has 112 valence electrons. The summed E-state index contributed by atoms with van der Waals surface area (Å²) in [6.45, 7) is 2.24. The van der Waals surface area contributed by atoms with E-state index in [1.165, 1.54) is 0 Å². The molecule has 2 N–H and O–H groups in total. The number of nitrogens with one attached hydrogen (secondary N) is 2. The average molecular weight is 308 g/mol. The SMILES string of the molecule is N#CC1CCCN1C(=O)CNCCNc1ccc(Cl)cn1. The van der Waals surface area contributed by atoms with Crippen molar-refractivity contribution in [1.29, 1.82) is 5.26 Å². The predicted octanol–water partition coefficient (Wildman–Crippen LogP) is 1.25. The third-order valence-corrected chi connectivity index (χ3v) is 3.56. The van der Waals surface area contributed by atoms with Crippen LogP contribution in [0.3, 0.4) is 0 Å². The highest BCUT2D eigenvalue weighted by Crippen LogP contribution is 2.15. The Morgan fingerprint density at radius 1 is 1.52 bits per heavy atom. The van der Waals surface area contributed by atoms with Crippen molar-refractivity contribution >= 4 is 23.3 Å². The molecule has 0 aliphatic carbocycles. The van der Waals surface area contributed by atoms with E-state index in [0.717, 1.165) is 18.7 Å². The second kappa shape index (κ2) is 7.81. The van der Waals surface area contributed by atoms with E-state index < -0.39 is 0 Å². The molecule has 1 unspecified atom stereocenters. The molecular weight excluding hydrogens is 290 g/mol. The fourth-order valence-electron chi connectivity index (χ4n) is 2.26. The van der Waals surface area contributed by atoms with Crippen LogP contribution in [0.25, 0.3) is 0 Å². The van der Waals surface area contributed by atoms with Crippen LogP contribution in [0.5, 0.6) is 0 Å². The maximum atomic E-state index is 12.0. The molecule has 0 spiro atoms. The number of nitrogens with zero attached hydrogens (tertiary/aromatic N) is 3. The second-order valence-electron chi connectivity index (χ2n) is 4.84. The molecule has 7 heteroatoms. The van der Waals surface area contributed by atoms with Crippen LogP contribution in [-0.2, 0) is 4.79 Å². The molecule has 1 atom stereocenters. The minimum absolute atomic E-state index is 0.0105. The van der Waals surface area contributed by atoms with Crippen molar-refractivity contribution in [2.75, 3.05) is 31.5 Å². The van der Waals surface area contributed by atoms with Gasteiger partial charge in [-0.1, -0.05) is 11.6 Å². The number of carbonyl (C=O) groups is 1. The maximum absolute atomic E-state index is 12.0. The Hall–Kier alpha value is -1.84. The number of carbonyl (C=O) groups excluding carboxylic acids is 1. The topological polar surface area (TPSA) is 81.0 Å².